The molecule has 16 heavy (non-hydrogen) atoms. The number of alkyl halides is 1. The number of hydrogen-bond donors (Lipinski definition) is 1. The van der Waals surface area contributed by atoms with Crippen LogP contribution in [-0.4, -0.2) is 22.4 Å². The molecule has 1 aromatic rings. The third-order valence-corrected chi connectivity index (χ3v) is 3.65. The lowest BCUT2D eigenvalue weighted by Crippen LogP contribution is -2.41. The van der Waals surface area contributed by atoms with E-state index in [0.717, 1.165) is 30.6 Å². The van der Waals surface area contributed by atoms with Gasteiger partial charge in [0.15, 0.2) is 0 Å². The average molecular weight is 284 g/mol. The molecule has 1 aromatic carbocycles. The number of rotatable bonds is 2. The van der Waals surface area contributed by atoms with Gasteiger partial charge in [-0.25, -0.2) is 0 Å². The van der Waals surface area contributed by atoms with Crippen LogP contribution in [0.5, 0.6) is 0 Å². The second-order valence-corrected chi connectivity index (χ2v) is 5.03. The van der Waals surface area contributed by atoms with E-state index in [4.69, 9.17) is 5.11 Å². The molecular weight excluding hydrogens is 270 g/mol. The molecule has 86 valence electrons. The average Bonchev–Trinajstić information content (AvgIpc) is 2.33. The van der Waals surface area contributed by atoms with Crippen molar-refractivity contribution in [3.05, 3.63) is 29.8 Å². The normalized spacial score (nSPS) is 21.2. The van der Waals surface area contributed by atoms with Crippen LogP contribution in [-0.2, 0) is 11.4 Å². The van der Waals surface area contributed by atoms with Crippen LogP contribution in [0.4, 0.5) is 5.69 Å². The van der Waals surface area contributed by atoms with Crippen LogP contribution in [0.15, 0.2) is 24.3 Å². The quantitative estimate of drug-likeness (QED) is 0.845. The Kier molecular flexibility index (Phi) is 3.61. The van der Waals surface area contributed by atoms with Crippen molar-refractivity contribution < 1.29 is 9.90 Å². The van der Waals surface area contributed by atoms with Gasteiger partial charge < -0.3 is 10.0 Å². The zero-order valence-corrected chi connectivity index (χ0v) is 10.5. The van der Waals surface area contributed by atoms with Gasteiger partial charge in [-0.15, -0.1) is 0 Å². The Morgan fingerprint density at radius 2 is 2.06 bits per heavy atom. The second kappa shape index (κ2) is 4.97. The number of benzene rings is 1. The summed E-state index contributed by atoms with van der Waals surface area (Å²) < 4.78 is 0. The zero-order chi connectivity index (χ0) is 11.5. The van der Waals surface area contributed by atoms with Crippen LogP contribution in [0.1, 0.15) is 18.4 Å². The predicted molar refractivity (Wildman–Crippen MR) is 66.7 cm³/mol. The Morgan fingerprint density at radius 3 is 2.69 bits per heavy atom. The van der Waals surface area contributed by atoms with Crippen LogP contribution < -0.4 is 4.90 Å². The standard InChI is InChI=1S/C12H14BrNO2/c13-11-2-1-7-14(12(11)16)10-5-3-9(8-15)4-6-10/h3-6,11,15H,1-2,7-8H2. The van der Waals surface area contributed by atoms with Gasteiger partial charge in [-0.2, -0.15) is 0 Å². The van der Waals surface area contributed by atoms with Gasteiger partial charge in [-0.05, 0) is 30.5 Å². The van der Waals surface area contributed by atoms with Gasteiger partial charge in [0.1, 0.15) is 0 Å². The molecular formula is C12H14BrNO2. The number of aliphatic hydroxyl groups is 1. The molecule has 3 nitrogen and oxygen atoms in total. The van der Waals surface area contributed by atoms with Crippen LogP contribution in [0.25, 0.3) is 0 Å². The van der Waals surface area contributed by atoms with E-state index in [1.54, 1.807) is 4.90 Å². The molecule has 1 N–H and O–H groups in total. The molecule has 2 rings (SSSR count). The fraction of sp³-hybridized carbons (Fsp3) is 0.417. The molecule has 0 radical (unpaired) electrons. The summed E-state index contributed by atoms with van der Waals surface area (Å²) in [5.41, 5.74) is 1.77. The number of amides is 1. The number of anilines is 1. The highest BCUT2D eigenvalue weighted by molar-refractivity contribution is 9.10. The summed E-state index contributed by atoms with van der Waals surface area (Å²) in [6, 6.07) is 7.46. The third-order valence-electron chi connectivity index (χ3n) is 2.80. The highest BCUT2D eigenvalue weighted by atomic mass is 79.9. The largest absolute Gasteiger partial charge is 0.392 e. The van der Waals surface area contributed by atoms with E-state index in [2.05, 4.69) is 15.9 Å². The van der Waals surface area contributed by atoms with Gasteiger partial charge >= 0.3 is 0 Å². The van der Waals surface area contributed by atoms with E-state index in [1.165, 1.54) is 0 Å². The lowest BCUT2D eigenvalue weighted by molar-refractivity contribution is -0.118. The Hall–Kier alpha value is -0.870. The van der Waals surface area contributed by atoms with Crippen LogP contribution in [0.3, 0.4) is 0 Å². The zero-order valence-electron chi connectivity index (χ0n) is 8.90. The maximum absolute atomic E-state index is 11.9. The molecule has 1 heterocycles. The molecule has 4 heteroatoms. The Morgan fingerprint density at radius 1 is 1.38 bits per heavy atom. The first-order valence-corrected chi connectivity index (χ1v) is 6.29. The molecule has 1 saturated heterocycles. The van der Waals surface area contributed by atoms with E-state index in [9.17, 15) is 4.79 Å². The van der Waals surface area contributed by atoms with Crippen molar-refractivity contribution in [1.82, 2.24) is 0 Å². The smallest absolute Gasteiger partial charge is 0.240 e. The summed E-state index contributed by atoms with van der Waals surface area (Å²) in [5.74, 6) is 0.128. The van der Waals surface area contributed by atoms with Gasteiger partial charge in [-0.1, -0.05) is 28.1 Å². The van der Waals surface area contributed by atoms with Crippen molar-refractivity contribution in [3.63, 3.8) is 0 Å². The van der Waals surface area contributed by atoms with Crippen LogP contribution >= 0.6 is 15.9 Å². The first kappa shape index (κ1) is 11.6. The van der Waals surface area contributed by atoms with Gasteiger partial charge in [0.2, 0.25) is 5.91 Å². The first-order valence-electron chi connectivity index (χ1n) is 5.37. The maximum atomic E-state index is 11.9. The molecule has 1 unspecified atom stereocenters. The molecule has 1 amide bonds. The number of piperidine rings is 1. The van der Waals surface area contributed by atoms with E-state index >= 15 is 0 Å². The number of hydrogen-bond acceptors (Lipinski definition) is 2. The van der Waals surface area contributed by atoms with Crippen molar-refractivity contribution in [2.24, 2.45) is 0 Å². The molecule has 0 bridgehead atoms. The van der Waals surface area contributed by atoms with E-state index in [0.29, 0.717) is 0 Å². The van der Waals surface area contributed by atoms with Gasteiger partial charge in [0.05, 0.1) is 11.4 Å². The Labute approximate surface area is 103 Å². The minimum Gasteiger partial charge on any atom is -0.392 e. The number of nitrogens with zero attached hydrogens (tertiary/aromatic N) is 1. The lowest BCUT2D eigenvalue weighted by Gasteiger charge is -2.29. The number of aliphatic hydroxyl groups excluding tert-OH is 1. The first-order chi connectivity index (χ1) is 7.72. The summed E-state index contributed by atoms with van der Waals surface area (Å²) in [7, 11) is 0. The molecule has 0 aliphatic carbocycles. The molecule has 1 fully saturated rings. The van der Waals surface area contributed by atoms with E-state index in [1.807, 2.05) is 24.3 Å². The molecule has 1 aliphatic rings. The van der Waals surface area contributed by atoms with Gasteiger partial charge in [0.25, 0.3) is 0 Å². The topological polar surface area (TPSA) is 40.5 Å². The fourth-order valence-electron chi connectivity index (χ4n) is 1.87. The number of halogens is 1. The van der Waals surface area contributed by atoms with Crippen molar-refractivity contribution in [3.8, 4) is 0 Å². The Balaban J connectivity index is 2.19. The summed E-state index contributed by atoms with van der Waals surface area (Å²) in [6.45, 7) is 0.814. The molecule has 0 saturated carbocycles. The third kappa shape index (κ3) is 2.28. The highest BCUT2D eigenvalue weighted by Crippen LogP contribution is 2.24. The number of carbonyl (C=O) groups is 1. The fourth-order valence-corrected chi connectivity index (χ4v) is 2.44. The van der Waals surface area contributed by atoms with E-state index < -0.39 is 0 Å². The summed E-state index contributed by atoms with van der Waals surface area (Å²) >= 11 is 3.39. The maximum Gasteiger partial charge on any atom is 0.240 e. The minimum atomic E-state index is -0.0567. The summed E-state index contributed by atoms with van der Waals surface area (Å²) in [5, 5.41) is 8.94. The second-order valence-electron chi connectivity index (χ2n) is 3.92. The molecule has 0 aromatic heterocycles. The number of carbonyl (C=O) groups excluding carboxylic acids is 1. The van der Waals surface area contributed by atoms with Crippen LogP contribution in [0, 0.1) is 0 Å². The highest BCUT2D eigenvalue weighted by Gasteiger charge is 2.27. The molecule has 1 atom stereocenters. The van der Waals surface area contributed by atoms with E-state index in [-0.39, 0.29) is 17.3 Å². The van der Waals surface area contributed by atoms with Crippen molar-refractivity contribution in [2.45, 2.75) is 24.3 Å². The van der Waals surface area contributed by atoms with Crippen molar-refractivity contribution in [1.29, 1.82) is 0 Å². The molecule has 0 spiro atoms. The van der Waals surface area contributed by atoms with Gasteiger partial charge in [-0.3, -0.25) is 4.79 Å². The SMILES string of the molecule is O=C1C(Br)CCCN1c1ccc(CO)cc1. The predicted octanol–water partition coefficient (Wildman–Crippen LogP) is 2.07. The summed E-state index contributed by atoms with van der Waals surface area (Å²) in [4.78, 5) is 13.6. The summed E-state index contributed by atoms with van der Waals surface area (Å²) in [6.07, 6.45) is 1.92. The van der Waals surface area contributed by atoms with Crippen molar-refractivity contribution in [2.75, 3.05) is 11.4 Å². The Bertz CT molecular complexity index is 377. The molecule has 1 aliphatic heterocycles. The van der Waals surface area contributed by atoms with Crippen molar-refractivity contribution >= 4 is 27.5 Å². The minimum absolute atomic E-state index is 0.0370. The van der Waals surface area contributed by atoms with Gasteiger partial charge in [0, 0.05) is 12.2 Å². The monoisotopic (exact) mass is 283 g/mol. The lowest BCUT2D eigenvalue weighted by atomic mass is 10.1. The van der Waals surface area contributed by atoms with Crippen LogP contribution in [0.2, 0.25) is 0 Å².